The Morgan fingerprint density at radius 3 is 2.67 bits per heavy atom. The van der Waals surface area contributed by atoms with E-state index in [4.69, 9.17) is 4.98 Å². The fourth-order valence-electron chi connectivity index (χ4n) is 4.90. The van der Waals surface area contributed by atoms with E-state index >= 15 is 0 Å². The Kier molecular flexibility index (Phi) is 4.69. The first-order valence-corrected chi connectivity index (χ1v) is 10.9. The van der Waals surface area contributed by atoms with Crippen molar-refractivity contribution in [1.82, 2.24) is 19.7 Å². The minimum atomic E-state index is 0.0814. The molecule has 1 fully saturated rings. The zero-order chi connectivity index (χ0) is 20.8. The molecule has 5 heteroatoms. The Labute approximate surface area is 177 Å². The van der Waals surface area contributed by atoms with E-state index in [9.17, 15) is 4.79 Å². The molecule has 1 saturated carbocycles. The normalized spacial score (nSPS) is 19.0. The molecule has 0 spiro atoms. The minimum absolute atomic E-state index is 0.0814. The van der Waals surface area contributed by atoms with E-state index in [0.29, 0.717) is 0 Å². The van der Waals surface area contributed by atoms with E-state index in [-0.39, 0.29) is 11.9 Å². The molecule has 0 bridgehead atoms. The van der Waals surface area contributed by atoms with Crippen LogP contribution in [0, 0.1) is 12.8 Å². The second-order valence-electron chi connectivity index (χ2n) is 8.84. The monoisotopic (exact) mass is 400 g/mol. The van der Waals surface area contributed by atoms with E-state index in [0.717, 1.165) is 51.7 Å². The Balaban J connectivity index is 1.53. The highest BCUT2D eigenvalue weighted by Crippen LogP contribution is 2.37. The summed E-state index contributed by atoms with van der Waals surface area (Å²) >= 11 is 0. The highest BCUT2D eigenvalue weighted by molar-refractivity contribution is 6.00. The molecule has 1 aliphatic carbocycles. The third kappa shape index (κ3) is 3.22. The number of pyridine rings is 1. The zero-order valence-corrected chi connectivity index (χ0v) is 17.9. The van der Waals surface area contributed by atoms with Crippen molar-refractivity contribution < 1.29 is 4.79 Å². The quantitative estimate of drug-likeness (QED) is 0.600. The number of carbonyl (C=O) groups excluding carboxylic acids is 1. The van der Waals surface area contributed by atoms with E-state index < -0.39 is 0 Å². The predicted octanol–water partition coefficient (Wildman–Crippen LogP) is 5.26. The summed E-state index contributed by atoms with van der Waals surface area (Å²) in [5, 5.41) is 4.63. The van der Waals surface area contributed by atoms with Crippen LogP contribution in [0.1, 0.15) is 60.3 Å². The number of hydrogen-bond donors (Lipinski definition) is 0. The summed E-state index contributed by atoms with van der Waals surface area (Å²) in [6.07, 6.45) is 9.39. The van der Waals surface area contributed by atoms with Crippen molar-refractivity contribution in [3.05, 3.63) is 59.5 Å². The molecule has 1 amide bonds. The van der Waals surface area contributed by atoms with Crippen molar-refractivity contribution in [2.45, 2.75) is 52.1 Å². The van der Waals surface area contributed by atoms with Gasteiger partial charge in [0.15, 0.2) is 0 Å². The molecule has 0 N–H and O–H groups in total. The maximum Gasteiger partial charge on any atom is 0.254 e. The van der Waals surface area contributed by atoms with Crippen LogP contribution in [0.25, 0.3) is 22.4 Å². The minimum Gasteiger partial charge on any atom is -0.335 e. The Morgan fingerprint density at radius 2 is 1.87 bits per heavy atom. The van der Waals surface area contributed by atoms with Crippen molar-refractivity contribution in [3.63, 3.8) is 0 Å². The van der Waals surface area contributed by atoms with E-state index in [1.54, 1.807) is 4.90 Å². The average molecular weight is 401 g/mol. The first-order valence-electron chi connectivity index (χ1n) is 10.9. The third-order valence-electron chi connectivity index (χ3n) is 6.81. The molecule has 0 saturated heterocycles. The van der Waals surface area contributed by atoms with Crippen molar-refractivity contribution >= 4 is 5.91 Å². The van der Waals surface area contributed by atoms with Crippen molar-refractivity contribution in [2.24, 2.45) is 5.92 Å². The summed E-state index contributed by atoms with van der Waals surface area (Å²) in [5.74, 6) is 0.827. The number of nitrogens with zero attached hydrogens (tertiary/aromatic N) is 4. The van der Waals surface area contributed by atoms with Gasteiger partial charge in [0.2, 0.25) is 0 Å². The molecule has 5 nitrogen and oxygen atoms in total. The number of aromatic nitrogens is 3. The van der Waals surface area contributed by atoms with Crippen LogP contribution in [0.4, 0.5) is 0 Å². The van der Waals surface area contributed by atoms with Crippen LogP contribution in [0.15, 0.2) is 42.7 Å². The molecule has 0 radical (unpaired) electrons. The van der Waals surface area contributed by atoms with Crippen LogP contribution in [0.3, 0.4) is 0 Å². The Hall–Kier alpha value is -2.95. The summed E-state index contributed by atoms with van der Waals surface area (Å²) in [4.78, 5) is 19.3. The summed E-state index contributed by atoms with van der Waals surface area (Å²) < 4.78 is 2.08. The van der Waals surface area contributed by atoms with Crippen LogP contribution in [0.2, 0.25) is 0 Å². The lowest BCUT2D eigenvalue weighted by Gasteiger charge is -2.14. The Morgan fingerprint density at radius 1 is 1.07 bits per heavy atom. The van der Waals surface area contributed by atoms with Gasteiger partial charge in [-0.1, -0.05) is 31.0 Å². The van der Waals surface area contributed by atoms with E-state index in [1.807, 2.05) is 32.3 Å². The summed E-state index contributed by atoms with van der Waals surface area (Å²) in [7, 11) is 1.86. The lowest BCUT2D eigenvalue weighted by molar-refractivity contribution is 0.0784. The van der Waals surface area contributed by atoms with Gasteiger partial charge in [-0.05, 0) is 50.3 Å². The van der Waals surface area contributed by atoms with Gasteiger partial charge in [-0.3, -0.25) is 14.5 Å². The molecule has 2 aromatic heterocycles. The van der Waals surface area contributed by atoms with Gasteiger partial charge in [-0.15, -0.1) is 0 Å². The maximum absolute atomic E-state index is 12.7. The first-order chi connectivity index (χ1) is 14.5. The molecule has 3 aromatic rings. The molecule has 5 rings (SSSR count). The number of rotatable bonds is 4. The fraction of sp³-hybridized carbons (Fsp3) is 0.400. The second-order valence-corrected chi connectivity index (χ2v) is 8.84. The van der Waals surface area contributed by atoms with Gasteiger partial charge in [0.05, 0.1) is 17.9 Å². The van der Waals surface area contributed by atoms with Crippen LogP contribution >= 0.6 is 0 Å². The topological polar surface area (TPSA) is 51.0 Å². The van der Waals surface area contributed by atoms with Gasteiger partial charge in [0, 0.05) is 47.7 Å². The molecule has 2 aliphatic rings. The number of benzene rings is 1. The summed E-state index contributed by atoms with van der Waals surface area (Å²) in [5.41, 5.74) is 6.86. The van der Waals surface area contributed by atoms with Gasteiger partial charge < -0.3 is 4.90 Å². The standard InChI is InChI=1S/C25H28N4O/c1-16-8-10-22(20-13-26-29(15-20)14-18-6-4-5-7-18)24(27-16)19-9-11-21-17(2)28(3)25(30)23(21)12-19/h8-13,15,17-18H,4-7,14H2,1-3H3. The van der Waals surface area contributed by atoms with Crippen molar-refractivity contribution in [2.75, 3.05) is 7.05 Å². The van der Waals surface area contributed by atoms with Gasteiger partial charge in [-0.2, -0.15) is 5.10 Å². The third-order valence-corrected chi connectivity index (χ3v) is 6.81. The molecule has 154 valence electrons. The summed E-state index contributed by atoms with van der Waals surface area (Å²) in [6, 6.07) is 10.5. The predicted molar refractivity (Wildman–Crippen MR) is 118 cm³/mol. The van der Waals surface area contributed by atoms with Crippen molar-refractivity contribution in [3.8, 4) is 22.4 Å². The lowest BCUT2D eigenvalue weighted by Crippen LogP contribution is -2.20. The number of hydrogen-bond acceptors (Lipinski definition) is 3. The summed E-state index contributed by atoms with van der Waals surface area (Å²) in [6.45, 7) is 5.07. The highest BCUT2D eigenvalue weighted by Gasteiger charge is 2.31. The highest BCUT2D eigenvalue weighted by atomic mass is 16.2. The van der Waals surface area contributed by atoms with Gasteiger partial charge >= 0.3 is 0 Å². The lowest BCUT2D eigenvalue weighted by atomic mass is 9.97. The molecule has 1 atom stereocenters. The van der Waals surface area contributed by atoms with E-state index in [1.165, 1.54) is 25.7 Å². The second kappa shape index (κ2) is 7.38. The van der Waals surface area contributed by atoms with Gasteiger partial charge in [-0.25, -0.2) is 0 Å². The zero-order valence-electron chi connectivity index (χ0n) is 17.9. The molecule has 3 heterocycles. The largest absolute Gasteiger partial charge is 0.335 e. The van der Waals surface area contributed by atoms with E-state index in [2.05, 4.69) is 41.1 Å². The van der Waals surface area contributed by atoms with Gasteiger partial charge in [0.1, 0.15) is 0 Å². The van der Waals surface area contributed by atoms with Crippen LogP contribution < -0.4 is 0 Å². The fourth-order valence-corrected chi connectivity index (χ4v) is 4.90. The number of aryl methyl sites for hydroxylation is 1. The number of amides is 1. The number of fused-ring (bicyclic) bond motifs is 1. The van der Waals surface area contributed by atoms with Gasteiger partial charge in [0.25, 0.3) is 5.91 Å². The molecule has 30 heavy (non-hydrogen) atoms. The molecular weight excluding hydrogens is 372 g/mol. The Bertz CT molecular complexity index is 1110. The van der Waals surface area contributed by atoms with Crippen LogP contribution in [0.5, 0.6) is 0 Å². The smallest absolute Gasteiger partial charge is 0.254 e. The van der Waals surface area contributed by atoms with Crippen LogP contribution in [-0.4, -0.2) is 32.6 Å². The molecule has 1 aliphatic heterocycles. The number of carbonyl (C=O) groups is 1. The maximum atomic E-state index is 12.7. The SMILES string of the molecule is Cc1ccc(-c2cnn(CC3CCCC3)c2)c(-c2ccc3c(c2)C(=O)N(C)C3C)n1. The molecule has 1 unspecified atom stereocenters. The van der Waals surface area contributed by atoms with Crippen LogP contribution in [-0.2, 0) is 6.54 Å². The average Bonchev–Trinajstić information content (AvgIpc) is 3.48. The first kappa shape index (κ1) is 19.0. The van der Waals surface area contributed by atoms with Crippen molar-refractivity contribution in [1.29, 1.82) is 0 Å². The molecule has 1 aromatic carbocycles. The molecular formula is C25H28N4O.